The zero-order chi connectivity index (χ0) is 26.2. The third kappa shape index (κ3) is 7.69. The van der Waals surface area contributed by atoms with Crippen LogP contribution in [0.25, 0.3) is 0 Å². The maximum Gasteiger partial charge on any atom is 0.243 e. The van der Waals surface area contributed by atoms with E-state index in [1.165, 1.54) is 12.0 Å². The van der Waals surface area contributed by atoms with Gasteiger partial charge in [0.1, 0.15) is 6.04 Å². The van der Waals surface area contributed by atoms with Crippen molar-refractivity contribution in [1.29, 1.82) is 0 Å². The van der Waals surface area contributed by atoms with E-state index < -0.39 is 6.04 Å². The Labute approximate surface area is 226 Å². The van der Waals surface area contributed by atoms with Crippen molar-refractivity contribution in [1.82, 2.24) is 10.2 Å². The summed E-state index contributed by atoms with van der Waals surface area (Å²) in [7, 11) is 0. The molecule has 1 atom stereocenters. The maximum absolute atomic E-state index is 13.9. The predicted molar refractivity (Wildman–Crippen MR) is 151 cm³/mol. The topological polar surface area (TPSA) is 49.4 Å². The number of hydrogen-bond acceptors (Lipinski definition) is 2. The zero-order valence-electron chi connectivity index (χ0n) is 21.9. The molecular weight excluding hydrogens is 480 g/mol. The van der Waals surface area contributed by atoms with Crippen LogP contribution in [-0.2, 0) is 29.0 Å². The van der Waals surface area contributed by atoms with E-state index in [0.717, 1.165) is 47.9 Å². The van der Waals surface area contributed by atoms with Gasteiger partial charge in [-0.3, -0.25) is 9.59 Å². The van der Waals surface area contributed by atoms with Crippen LogP contribution >= 0.6 is 11.6 Å². The van der Waals surface area contributed by atoms with Crippen LogP contribution < -0.4 is 5.32 Å². The summed E-state index contributed by atoms with van der Waals surface area (Å²) in [5, 5.41) is 3.91. The number of carbonyl (C=O) groups is 2. The van der Waals surface area contributed by atoms with Crippen LogP contribution in [0.4, 0.5) is 0 Å². The molecule has 1 N–H and O–H groups in total. The highest BCUT2D eigenvalue weighted by Gasteiger charge is 2.32. The van der Waals surface area contributed by atoms with Crippen molar-refractivity contribution < 1.29 is 9.59 Å². The Morgan fingerprint density at radius 1 is 0.865 bits per heavy atom. The van der Waals surface area contributed by atoms with E-state index in [0.29, 0.717) is 18.0 Å². The number of hydrogen-bond donors (Lipinski definition) is 1. The van der Waals surface area contributed by atoms with Crippen molar-refractivity contribution in [3.8, 4) is 0 Å². The average molecular weight is 517 g/mol. The van der Waals surface area contributed by atoms with Crippen LogP contribution in [-0.4, -0.2) is 28.8 Å². The minimum absolute atomic E-state index is 0.0667. The molecule has 0 saturated heterocycles. The monoisotopic (exact) mass is 516 g/mol. The summed E-state index contributed by atoms with van der Waals surface area (Å²) < 4.78 is 0. The highest BCUT2D eigenvalue weighted by atomic mass is 35.5. The van der Waals surface area contributed by atoms with Crippen molar-refractivity contribution in [2.24, 2.45) is 0 Å². The number of nitrogens with one attached hydrogen (secondary N) is 1. The van der Waals surface area contributed by atoms with Crippen LogP contribution in [0, 0.1) is 13.8 Å². The summed E-state index contributed by atoms with van der Waals surface area (Å²) >= 11 is 6.29. The fraction of sp³-hybridized carbons (Fsp3) is 0.375. The molecule has 1 aliphatic rings. The van der Waals surface area contributed by atoms with Gasteiger partial charge in [0.25, 0.3) is 0 Å². The Bertz CT molecular complexity index is 1200. The Morgan fingerprint density at radius 2 is 1.59 bits per heavy atom. The van der Waals surface area contributed by atoms with Gasteiger partial charge in [0.2, 0.25) is 11.8 Å². The third-order valence-electron chi connectivity index (χ3n) is 7.39. The second-order valence-corrected chi connectivity index (χ2v) is 10.7. The lowest BCUT2D eigenvalue weighted by Gasteiger charge is -2.33. The summed E-state index contributed by atoms with van der Waals surface area (Å²) in [6.45, 7) is 4.45. The van der Waals surface area contributed by atoms with Gasteiger partial charge in [0.05, 0.1) is 6.42 Å². The lowest BCUT2D eigenvalue weighted by molar-refractivity contribution is -0.141. The fourth-order valence-electron chi connectivity index (χ4n) is 5.12. The van der Waals surface area contributed by atoms with Gasteiger partial charge in [-0.1, -0.05) is 91.5 Å². The van der Waals surface area contributed by atoms with Crippen molar-refractivity contribution in [3.63, 3.8) is 0 Å². The SMILES string of the molecule is Cc1ccc(CC(=O)N(Cc2cccc(Cl)c2)[C@H](Cc2ccccc2)C(=O)NC2CCCCC2)cc1C. The molecule has 37 heavy (non-hydrogen) atoms. The summed E-state index contributed by atoms with van der Waals surface area (Å²) in [4.78, 5) is 29.5. The number of carbonyl (C=O) groups excluding carboxylic acids is 2. The molecule has 0 aromatic heterocycles. The number of benzene rings is 3. The minimum Gasteiger partial charge on any atom is -0.352 e. The summed E-state index contributed by atoms with van der Waals surface area (Å²) in [5.41, 5.74) is 5.24. The Balaban J connectivity index is 1.66. The van der Waals surface area contributed by atoms with Crippen molar-refractivity contribution >= 4 is 23.4 Å². The summed E-state index contributed by atoms with van der Waals surface area (Å²) in [5.74, 6) is -0.144. The van der Waals surface area contributed by atoms with Gasteiger partial charge in [-0.05, 0) is 66.6 Å². The third-order valence-corrected chi connectivity index (χ3v) is 7.63. The smallest absolute Gasteiger partial charge is 0.243 e. The lowest BCUT2D eigenvalue weighted by Crippen LogP contribution is -2.53. The van der Waals surface area contributed by atoms with E-state index in [2.05, 4.69) is 31.3 Å². The summed E-state index contributed by atoms with van der Waals surface area (Å²) in [6, 6.07) is 23.2. The summed E-state index contributed by atoms with van der Waals surface area (Å²) in [6.07, 6.45) is 6.17. The zero-order valence-corrected chi connectivity index (χ0v) is 22.6. The van der Waals surface area contributed by atoms with Gasteiger partial charge in [0, 0.05) is 24.0 Å². The molecule has 0 bridgehead atoms. The van der Waals surface area contributed by atoms with Crippen molar-refractivity contribution in [2.75, 3.05) is 0 Å². The molecule has 1 fully saturated rings. The highest BCUT2D eigenvalue weighted by molar-refractivity contribution is 6.30. The minimum atomic E-state index is -0.623. The van der Waals surface area contributed by atoms with E-state index in [1.807, 2.05) is 60.7 Å². The Hall–Kier alpha value is -3.11. The van der Waals surface area contributed by atoms with Gasteiger partial charge in [0.15, 0.2) is 0 Å². The molecule has 3 aromatic rings. The van der Waals surface area contributed by atoms with Crippen LogP contribution in [0.3, 0.4) is 0 Å². The molecule has 4 rings (SSSR count). The fourth-order valence-corrected chi connectivity index (χ4v) is 5.33. The maximum atomic E-state index is 13.9. The molecule has 0 heterocycles. The first-order valence-corrected chi connectivity index (χ1v) is 13.7. The first-order chi connectivity index (χ1) is 17.9. The van der Waals surface area contributed by atoms with Gasteiger partial charge in [-0.2, -0.15) is 0 Å². The first-order valence-electron chi connectivity index (χ1n) is 13.3. The van der Waals surface area contributed by atoms with Crippen LogP contribution in [0.5, 0.6) is 0 Å². The number of rotatable bonds is 9. The quantitative estimate of drug-likeness (QED) is 0.349. The van der Waals surface area contributed by atoms with E-state index >= 15 is 0 Å². The predicted octanol–water partition coefficient (Wildman–Crippen LogP) is 6.59. The van der Waals surface area contributed by atoms with E-state index in [4.69, 9.17) is 11.6 Å². The Kier molecular flexibility index (Phi) is 9.40. The molecule has 0 radical (unpaired) electrons. The van der Waals surface area contributed by atoms with Gasteiger partial charge >= 0.3 is 0 Å². The number of halogens is 1. The molecule has 3 aromatic carbocycles. The molecule has 0 aliphatic heterocycles. The van der Waals surface area contributed by atoms with Crippen LogP contribution in [0.15, 0.2) is 72.8 Å². The van der Waals surface area contributed by atoms with Gasteiger partial charge < -0.3 is 10.2 Å². The first kappa shape index (κ1) is 26.9. The molecule has 0 unspecified atom stereocenters. The van der Waals surface area contributed by atoms with E-state index in [9.17, 15) is 9.59 Å². The lowest BCUT2D eigenvalue weighted by atomic mass is 9.94. The van der Waals surface area contributed by atoms with Crippen molar-refractivity contribution in [3.05, 3.63) is 106 Å². The van der Waals surface area contributed by atoms with Gasteiger partial charge in [-0.15, -0.1) is 0 Å². The molecule has 0 spiro atoms. The van der Waals surface area contributed by atoms with Crippen LogP contribution in [0.2, 0.25) is 5.02 Å². The molecule has 5 heteroatoms. The van der Waals surface area contributed by atoms with Crippen molar-refractivity contribution in [2.45, 2.75) is 77.4 Å². The second-order valence-electron chi connectivity index (χ2n) is 10.3. The number of aryl methyl sites for hydroxylation is 2. The molecule has 2 amide bonds. The molecule has 1 saturated carbocycles. The number of amides is 2. The van der Waals surface area contributed by atoms with Gasteiger partial charge in [-0.25, -0.2) is 0 Å². The standard InChI is InChI=1S/C32H37ClN2O2/c1-23-16-17-26(18-24(23)2)21-31(36)35(22-27-12-9-13-28(33)19-27)30(20-25-10-5-3-6-11-25)32(37)34-29-14-7-4-8-15-29/h3,5-6,9-13,16-19,29-30H,4,7-8,14-15,20-22H2,1-2H3,(H,34,37)/t30-/m1/s1. The number of nitrogens with zero attached hydrogens (tertiary/aromatic N) is 1. The molecular formula is C32H37ClN2O2. The van der Waals surface area contributed by atoms with E-state index in [-0.39, 0.29) is 24.3 Å². The Morgan fingerprint density at radius 3 is 2.30 bits per heavy atom. The highest BCUT2D eigenvalue weighted by Crippen LogP contribution is 2.22. The molecule has 194 valence electrons. The largest absolute Gasteiger partial charge is 0.352 e. The average Bonchev–Trinajstić information content (AvgIpc) is 2.89. The molecule has 4 nitrogen and oxygen atoms in total. The normalized spacial score (nSPS) is 14.7. The molecule has 1 aliphatic carbocycles. The van der Waals surface area contributed by atoms with Crippen LogP contribution in [0.1, 0.15) is 59.9 Å². The second kappa shape index (κ2) is 12.9. The van der Waals surface area contributed by atoms with E-state index in [1.54, 1.807) is 4.90 Å².